The molecule has 1 amide bonds. The average molecular weight is 406 g/mol. The molecular formula is C14H18N5NaO6P. The Morgan fingerprint density at radius 2 is 2.22 bits per heavy atom. The minimum Gasteiger partial charge on any atom is -0.349 e. The number of fused-ring (bicyclic) bond motifs is 2. The quantitative estimate of drug-likeness (QED) is 0.562. The van der Waals surface area contributed by atoms with E-state index in [-0.39, 0.29) is 42.1 Å². The Morgan fingerprint density at radius 3 is 3.00 bits per heavy atom. The van der Waals surface area contributed by atoms with Crippen LogP contribution in [0.15, 0.2) is 12.7 Å². The summed E-state index contributed by atoms with van der Waals surface area (Å²) >= 11 is 0. The first kappa shape index (κ1) is 20.8. The Hall–Kier alpha value is -0.910. The number of ether oxygens (including phenoxy) is 1. The molecule has 2 aliphatic rings. The molecule has 11 nitrogen and oxygen atoms in total. The smallest absolute Gasteiger partial charge is 0.349 e. The van der Waals surface area contributed by atoms with E-state index in [0.29, 0.717) is 29.8 Å². The molecule has 27 heavy (non-hydrogen) atoms. The van der Waals surface area contributed by atoms with Crippen LogP contribution in [0.25, 0.3) is 11.2 Å². The van der Waals surface area contributed by atoms with Crippen LogP contribution in [0.1, 0.15) is 32.4 Å². The van der Waals surface area contributed by atoms with Crippen LogP contribution >= 0.6 is 7.82 Å². The fourth-order valence-corrected chi connectivity index (χ4v) is 4.04. The zero-order valence-electron chi connectivity index (χ0n) is 14.9. The van der Waals surface area contributed by atoms with E-state index >= 15 is 0 Å². The molecule has 0 saturated carbocycles. The maximum absolute atomic E-state index is 11.8. The van der Waals surface area contributed by atoms with Crippen LogP contribution < -0.4 is 5.32 Å². The minimum absolute atomic E-state index is 0. The second-order valence-electron chi connectivity index (χ2n) is 6.12. The topological polar surface area (TPSA) is 138 Å². The summed E-state index contributed by atoms with van der Waals surface area (Å²) in [7, 11) is -4.02. The Kier molecular flexibility index (Phi) is 6.34. The van der Waals surface area contributed by atoms with Crippen molar-refractivity contribution in [3.05, 3.63) is 12.7 Å². The largest absolute Gasteiger partial charge is 0.472 e. The third-order valence-corrected chi connectivity index (χ3v) is 5.27. The van der Waals surface area contributed by atoms with Gasteiger partial charge >= 0.3 is 7.82 Å². The van der Waals surface area contributed by atoms with Crippen LogP contribution in [-0.4, -0.2) is 78.7 Å². The van der Waals surface area contributed by atoms with Gasteiger partial charge in [0.05, 0.1) is 12.9 Å². The summed E-state index contributed by atoms with van der Waals surface area (Å²) in [6.45, 7) is 1.90. The predicted molar refractivity (Wildman–Crippen MR) is 93.8 cm³/mol. The predicted octanol–water partition coefficient (Wildman–Crippen LogP) is 0.987. The van der Waals surface area contributed by atoms with E-state index in [4.69, 9.17) is 13.8 Å². The fourth-order valence-electron chi connectivity index (χ4n) is 3.08. The number of rotatable bonds is 4. The maximum atomic E-state index is 11.8. The standard InChI is InChI=1S/C14H18N5O6P.Na/c1-2-3-10(20)18-13-12-14(16-6-15-13)19(7-17-12)11-4-8-9(24-11)5-23-26(21,22)25-8;/h6-9,11H,2-5H2,1H3,(H,21,22)(H,15,16,18,20);/t8-,9+,11+;/m0./s1. The van der Waals surface area contributed by atoms with Crippen molar-refractivity contribution in [1.82, 2.24) is 19.5 Å². The van der Waals surface area contributed by atoms with Gasteiger partial charge in [-0.1, -0.05) is 6.92 Å². The second-order valence-corrected chi connectivity index (χ2v) is 7.52. The molecule has 2 aromatic rings. The molecule has 13 heteroatoms. The van der Waals surface area contributed by atoms with Crippen molar-refractivity contribution in [1.29, 1.82) is 0 Å². The molecule has 0 aromatic carbocycles. The summed E-state index contributed by atoms with van der Waals surface area (Å²) in [5.41, 5.74) is 0.934. The van der Waals surface area contributed by atoms with Crippen LogP contribution in [0.3, 0.4) is 0 Å². The second kappa shape index (κ2) is 8.22. The number of carbonyl (C=O) groups is 1. The normalized spacial score (nSPS) is 29.9. The molecule has 2 saturated heterocycles. The van der Waals surface area contributed by atoms with E-state index in [2.05, 4.69) is 20.3 Å². The third kappa shape index (κ3) is 4.25. The van der Waals surface area contributed by atoms with E-state index in [1.165, 1.54) is 12.7 Å². The number of phosphoric ester groups is 1. The van der Waals surface area contributed by atoms with Gasteiger partial charge in [0.1, 0.15) is 24.8 Å². The van der Waals surface area contributed by atoms with Crippen molar-refractivity contribution < 1.29 is 28.0 Å². The van der Waals surface area contributed by atoms with Crippen molar-refractivity contribution >= 4 is 60.3 Å². The molecule has 2 aliphatic heterocycles. The van der Waals surface area contributed by atoms with Gasteiger partial charge < -0.3 is 14.9 Å². The monoisotopic (exact) mass is 406 g/mol. The van der Waals surface area contributed by atoms with Gasteiger partial charge in [0.25, 0.3) is 0 Å². The van der Waals surface area contributed by atoms with Gasteiger partial charge in [0.2, 0.25) is 5.91 Å². The van der Waals surface area contributed by atoms with Gasteiger partial charge in [-0.2, -0.15) is 0 Å². The molecule has 2 fully saturated rings. The summed E-state index contributed by atoms with van der Waals surface area (Å²) in [6.07, 6.45) is 2.87. The van der Waals surface area contributed by atoms with Crippen LogP contribution in [0.4, 0.5) is 5.82 Å². The average Bonchev–Trinajstić information content (AvgIpc) is 3.17. The van der Waals surface area contributed by atoms with E-state index in [9.17, 15) is 14.3 Å². The summed E-state index contributed by atoms with van der Waals surface area (Å²) in [6, 6.07) is 0. The summed E-state index contributed by atoms with van der Waals surface area (Å²) in [5, 5.41) is 2.73. The number of aromatic nitrogens is 4. The van der Waals surface area contributed by atoms with Gasteiger partial charge in [-0.15, -0.1) is 0 Å². The molecule has 141 valence electrons. The number of carbonyl (C=O) groups excluding carboxylic acids is 1. The zero-order valence-corrected chi connectivity index (χ0v) is 17.8. The minimum atomic E-state index is -4.02. The molecule has 1 unspecified atom stereocenters. The first-order chi connectivity index (χ1) is 12.5. The van der Waals surface area contributed by atoms with Crippen molar-refractivity contribution in [3.63, 3.8) is 0 Å². The Labute approximate surface area is 176 Å². The Morgan fingerprint density at radius 1 is 1.41 bits per heavy atom. The molecule has 2 N–H and O–H groups in total. The number of anilines is 1. The number of nitrogens with one attached hydrogen (secondary N) is 1. The SMILES string of the molecule is CCCC(=O)Nc1ncnc2c1ncn2[C@H]1C[C@@H]2OP(=O)(O)OC[C@H]2O1.[Na]. The summed E-state index contributed by atoms with van der Waals surface area (Å²) < 4.78 is 29.0. The molecule has 0 aliphatic carbocycles. The van der Waals surface area contributed by atoms with E-state index in [0.717, 1.165) is 6.42 Å². The molecule has 0 bridgehead atoms. The van der Waals surface area contributed by atoms with E-state index < -0.39 is 26.3 Å². The molecule has 1 radical (unpaired) electrons. The zero-order chi connectivity index (χ0) is 18.3. The van der Waals surface area contributed by atoms with Crippen LogP contribution in [-0.2, 0) is 23.1 Å². The van der Waals surface area contributed by atoms with Crippen LogP contribution in [0.5, 0.6) is 0 Å². The Bertz CT molecular complexity index is 894. The van der Waals surface area contributed by atoms with Crippen molar-refractivity contribution in [2.75, 3.05) is 11.9 Å². The molecule has 0 spiro atoms. The molecule has 2 aromatic heterocycles. The van der Waals surface area contributed by atoms with Crippen LogP contribution in [0, 0.1) is 0 Å². The molecular weight excluding hydrogens is 388 g/mol. The fraction of sp³-hybridized carbons (Fsp3) is 0.571. The van der Waals surface area contributed by atoms with Gasteiger partial charge in [0.15, 0.2) is 17.0 Å². The number of nitrogens with zero attached hydrogens (tertiary/aromatic N) is 4. The number of amides is 1. The van der Waals surface area contributed by atoms with E-state index in [1.807, 2.05) is 6.92 Å². The van der Waals surface area contributed by atoms with Gasteiger partial charge in [0, 0.05) is 42.4 Å². The van der Waals surface area contributed by atoms with Gasteiger partial charge in [-0.05, 0) is 6.42 Å². The van der Waals surface area contributed by atoms with Crippen LogP contribution in [0.2, 0.25) is 0 Å². The first-order valence-corrected chi connectivity index (χ1v) is 9.75. The molecule has 4 atom stereocenters. The third-order valence-electron chi connectivity index (χ3n) is 4.25. The summed E-state index contributed by atoms with van der Waals surface area (Å²) in [4.78, 5) is 33.9. The number of imidazole rings is 1. The van der Waals surface area contributed by atoms with Crippen molar-refractivity contribution in [3.8, 4) is 0 Å². The van der Waals surface area contributed by atoms with Gasteiger partial charge in [-0.25, -0.2) is 19.5 Å². The van der Waals surface area contributed by atoms with Crippen molar-refractivity contribution in [2.24, 2.45) is 0 Å². The number of hydrogen-bond acceptors (Lipinski definition) is 8. The molecule has 4 rings (SSSR count). The number of phosphoric acid groups is 1. The molecule has 4 heterocycles. The maximum Gasteiger partial charge on any atom is 0.472 e. The Balaban J connectivity index is 0.00000210. The van der Waals surface area contributed by atoms with Gasteiger partial charge in [-0.3, -0.25) is 18.4 Å². The van der Waals surface area contributed by atoms with E-state index in [1.54, 1.807) is 4.57 Å². The van der Waals surface area contributed by atoms with Crippen molar-refractivity contribution in [2.45, 2.75) is 44.6 Å². The summed E-state index contributed by atoms with van der Waals surface area (Å²) in [5.74, 6) is 0.191. The number of hydrogen-bond donors (Lipinski definition) is 2. The first-order valence-electron chi connectivity index (χ1n) is 8.25.